The van der Waals surface area contributed by atoms with Crippen LogP contribution >= 0.6 is 0 Å². The largest absolute Gasteiger partial charge is 0.496 e. The lowest BCUT2D eigenvalue weighted by molar-refractivity contribution is -0.138. The smallest absolute Gasteiger partial charge is 0.416 e. The van der Waals surface area contributed by atoms with E-state index in [1.807, 2.05) is 0 Å². The van der Waals surface area contributed by atoms with E-state index in [-0.39, 0.29) is 17.4 Å². The first-order valence-electron chi connectivity index (χ1n) is 6.49. The molecule has 2 aliphatic heterocycles. The number of rotatable bonds is 2. The third-order valence-corrected chi connectivity index (χ3v) is 4.22. The maximum Gasteiger partial charge on any atom is 0.416 e. The molecule has 2 bridgehead atoms. The summed E-state index contributed by atoms with van der Waals surface area (Å²) < 4.78 is 50.3. The quantitative estimate of drug-likeness (QED) is 0.907. The first-order chi connectivity index (χ1) is 9.36. The van der Waals surface area contributed by atoms with Gasteiger partial charge in [0.1, 0.15) is 11.4 Å². The second-order valence-electron chi connectivity index (χ2n) is 5.44. The van der Waals surface area contributed by atoms with E-state index in [4.69, 9.17) is 9.47 Å². The summed E-state index contributed by atoms with van der Waals surface area (Å²) in [5.74, 6) is 0.253. The summed E-state index contributed by atoms with van der Waals surface area (Å²) in [4.78, 5) is 0. The average Bonchev–Trinajstić information content (AvgIpc) is 2.99. The van der Waals surface area contributed by atoms with Crippen LogP contribution in [0.2, 0.25) is 0 Å². The molecule has 2 saturated heterocycles. The summed E-state index contributed by atoms with van der Waals surface area (Å²) in [6, 6.07) is 3.10. The fourth-order valence-corrected chi connectivity index (χ4v) is 3.10. The van der Waals surface area contributed by atoms with Gasteiger partial charge in [-0.2, -0.15) is 13.2 Å². The highest BCUT2D eigenvalue weighted by Crippen LogP contribution is 2.45. The van der Waals surface area contributed by atoms with E-state index in [0.717, 1.165) is 0 Å². The number of benzene rings is 1. The number of morpholine rings is 1. The number of fused-ring (bicyclic) bond motifs is 2. The van der Waals surface area contributed by atoms with E-state index in [9.17, 15) is 13.2 Å². The van der Waals surface area contributed by atoms with Gasteiger partial charge in [0.2, 0.25) is 0 Å². The zero-order valence-electron chi connectivity index (χ0n) is 11.3. The minimum absolute atomic E-state index is 0.112. The molecule has 2 unspecified atom stereocenters. The Morgan fingerprint density at radius 3 is 2.60 bits per heavy atom. The molecule has 3 rings (SSSR count). The predicted molar refractivity (Wildman–Crippen MR) is 66.8 cm³/mol. The van der Waals surface area contributed by atoms with E-state index in [1.165, 1.54) is 20.1 Å². The van der Waals surface area contributed by atoms with Crippen molar-refractivity contribution in [3.63, 3.8) is 0 Å². The SMILES string of the molecule is COc1cc(C23CNC(CO2)C3)cc(C(F)(F)F)c1C. The van der Waals surface area contributed by atoms with Gasteiger partial charge in [0.15, 0.2) is 0 Å². The van der Waals surface area contributed by atoms with Crippen molar-refractivity contribution < 1.29 is 22.6 Å². The van der Waals surface area contributed by atoms with Crippen molar-refractivity contribution in [1.82, 2.24) is 5.32 Å². The molecule has 2 aliphatic rings. The van der Waals surface area contributed by atoms with Crippen LogP contribution in [0.5, 0.6) is 5.75 Å². The molecular formula is C14H16F3NO2. The van der Waals surface area contributed by atoms with Gasteiger partial charge in [0, 0.05) is 18.2 Å². The minimum atomic E-state index is -4.39. The van der Waals surface area contributed by atoms with E-state index >= 15 is 0 Å². The van der Waals surface area contributed by atoms with Crippen molar-refractivity contribution >= 4 is 0 Å². The molecule has 0 aromatic heterocycles. The number of methoxy groups -OCH3 is 1. The summed E-state index contributed by atoms with van der Waals surface area (Å²) in [5.41, 5.74) is -0.647. The lowest BCUT2D eigenvalue weighted by Crippen LogP contribution is -2.37. The highest BCUT2D eigenvalue weighted by Gasteiger charge is 2.48. The Morgan fingerprint density at radius 2 is 2.15 bits per heavy atom. The third-order valence-electron chi connectivity index (χ3n) is 4.22. The maximum absolute atomic E-state index is 13.2. The van der Waals surface area contributed by atoms with Gasteiger partial charge in [-0.25, -0.2) is 0 Å². The van der Waals surface area contributed by atoms with Gasteiger partial charge in [-0.1, -0.05) is 0 Å². The van der Waals surface area contributed by atoms with Gasteiger partial charge >= 0.3 is 6.18 Å². The maximum atomic E-state index is 13.2. The fraction of sp³-hybridized carbons (Fsp3) is 0.571. The Labute approximate surface area is 115 Å². The highest BCUT2D eigenvalue weighted by atomic mass is 19.4. The van der Waals surface area contributed by atoms with E-state index < -0.39 is 17.3 Å². The number of hydrogen-bond acceptors (Lipinski definition) is 3. The molecular weight excluding hydrogens is 271 g/mol. The Bertz CT molecular complexity index is 534. The van der Waals surface area contributed by atoms with Crippen LogP contribution in [0.15, 0.2) is 12.1 Å². The Hall–Kier alpha value is -1.27. The lowest BCUT2D eigenvalue weighted by Gasteiger charge is -2.29. The molecule has 2 heterocycles. The summed E-state index contributed by atoms with van der Waals surface area (Å²) in [6.07, 6.45) is -3.69. The van der Waals surface area contributed by atoms with Crippen molar-refractivity contribution in [3.05, 3.63) is 28.8 Å². The summed E-state index contributed by atoms with van der Waals surface area (Å²) in [7, 11) is 1.38. The Balaban J connectivity index is 2.12. The molecule has 20 heavy (non-hydrogen) atoms. The van der Waals surface area contributed by atoms with Gasteiger partial charge in [0.25, 0.3) is 0 Å². The number of halogens is 3. The monoisotopic (exact) mass is 287 g/mol. The number of ether oxygens (including phenoxy) is 2. The van der Waals surface area contributed by atoms with Crippen LogP contribution in [-0.4, -0.2) is 26.3 Å². The van der Waals surface area contributed by atoms with Gasteiger partial charge in [-0.05, 0) is 31.0 Å². The highest BCUT2D eigenvalue weighted by molar-refractivity contribution is 5.47. The molecule has 2 atom stereocenters. The summed E-state index contributed by atoms with van der Waals surface area (Å²) >= 11 is 0. The topological polar surface area (TPSA) is 30.5 Å². The van der Waals surface area contributed by atoms with Crippen LogP contribution in [0.25, 0.3) is 0 Å². The van der Waals surface area contributed by atoms with Crippen molar-refractivity contribution in [1.29, 1.82) is 0 Å². The molecule has 1 N–H and O–H groups in total. The third kappa shape index (κ3) is 1.98. The Morgan fingerprint density at radius 1 is 1.40 bits per heavy atom. The molecule has 2 fully saturated rings. The van der Waals surface area contributed by atoms with Gasteiger partial charge < -0.3 is 14.8 Å². The fourth-order valence-electron chi connectivity index (χ4n) is 3.10. The normalized spacial score (nSPS) is 28.9. The first kappa shape index (κ1) is 13.7. The van der Waals surface area contributed by atoms with Crippen molar-refractivity contribution in [2.24, 2.45) is 0 Å². The predicted octanol–water partition coefficient (Wildman–Crippen LogP) is 2.61. The Kier molecular flexibility index (Phi) is 2.99. The first-order valence-corrected chi connectivity index (χ1v) is 6.49. The van der Waals surface area contributed by atoms with Crippen LogP contribution in [0.4, 0.5) is 13.2 Å². The molecule has 3 nitrogen and oxygen atoms in total. The number of alkyl halides is 3. The number of nitrogens with one attached hydrogen (secondary N) is 1. The minimum Gasteiger partial charge on any atom is -0.496 e. The van der Waals surface area contributed by atoms with Gasteiger partial charge in [-0.3, -0.25) is 0 Å². The van der Waals surface area contributed by atoms with Crippen LogP contribution in [0, 0.1) is 6.92 Å². The molecule has 0 amide bonds. The van der Waals surface area contributed by atoms with Gasteiger partial charge in [0.05, 0.1) is 19.3 Å². The van der Waals surface area contributed by atoms with Crippen LogP contribution in [-0.2, 0) is 16.5 Å². The number of hydrogen-bond donors (Lipinski definition) is 1. The standard InChI is InChI=1S/C14H16F3NO2/c1-8-11(14(15,16)17)3-9(4-12(8)19-2)13-5-10(6-20-13)18-7-13/h3-4,10,18H,5-7H2,1-2H3. The zero-order chi connectivity index (χ0) is 14.5. The van der Waals surface area contributed by atoms with E-state index in [2.05, 4.69) is 5.32 Å². The van der Waals surface area contributed by atoms with Crippen LogP contribution < -0.4 is 10.1 Å². The second-order valence-corrected chi connectivity index (χ2v) is 5.44. The lowest BCUT2D eigenvalue weighted by atomic mass is 9.89. The van der Waals surface area contributed by atoms with Gasteiger partial charge in [-0.15, -0.1) is 0 Å². The zero-order valence-corrected chi connectivity index (χ0v) is 11.3. The molecule has 0 radical (unpaired) electrons. The second kappa shape index (κ2) is 4.36. The molecule has 1 aromatic rings. The van der Waals surface area contributed by atoms with Crippen LogP contribution in [0.1, 0.15) is 23.1 Å². The molecule has 110 valence electrons. The molecule has 0 aliphatic carbocycles. The van der Waals surface area contributed by atoms with E-state index in [0.29, 0.717) is 25.1 Å². The summed E-state index contributed by atoms with van der Waals surface area (Å²) in [5, 5.41) is 3.26. The van der Waals surface area contributed by atoms with Crippen molar-refractivity contribution in [3.8, 4) is 5.75 Å². The van der Waals surface area contributed by atoms with Crippen LogP contribution in [0.3, 0.4) is 0 Å². The van der Waals surface area contributed by atoms with Crippen molar-refractivity contribution in [2.45, 2.75) is 31.2 Å². The summed E-state index contributed by atoms with van der Waals surface area (Å²) in [6.45, 7) is 2.51. The molecule has 0 spiro atoms. The molecule has 0 saturated carbocycles. The molecule has 1 aromatic carbocycles. The van der Waals surface area contributed by atoms with E-state index in [1.54, 1.807) is 6.07 Å². The average molecular weight is 287 g/mol. The van der Waals surface area contributed by atoms with Crippen molar-refractivity contribution in [2.75, 3.05) is 20.3 Å². The molecule has 6 heteroatoms.